The lowest BCUT2D eigenvalue weighted by Gasteiger charge is -2.20. The first kappa shape index (κ1) is 14.0. The van der Waals surface area contributed by atoms with Crippen molar-refractivity contribution < 1.29 is 4.39 Å². The highest BCUT2D eigenvalue weighted by Crippen LogP contribution is 2.27. The summed E-state index contributed by atoms with van der Waals surface area (Å²) in [4.78, 5) is 0. The minimum absolute atomic E-state index is 0.169. The van der Waals surface area contributed by atoms with Gasteiger partial charge in [-0.15, -0.1) is 5.10 Å². The van der Waals surface area contributed by atoms with Crippen molar-refractivity contribution in [2.45, 2.75) is 32.7 Å². The van der Waals surface area contributed by atoms with E-state index in [1.54, 1.807) is 4.68 Å². The molecule has 0 amide bonds. The van der Waals surface area contributed by atoms with E-state index >= 15 is 0 Å². The Morgan fingerprint density at radius 2 is 2.00 bits per heavy atom. The third-order valence-corrected chi connectivity index (χ3v) is 3.18. The Labute approximate surface area is 119 Å². The molecule has 6 heteroatoms. The Hall–Kier alpha value is -1.43. The van der Waals surface area contributed by atoms with Gasteiger partial charge in [0.15, 0.2) is 5.82 Å². The summed E-state index contributed by atoms with van der Waals surface area (Å²) in [7, 11) is 0. The van der Waals surface area contributed by atoms with Crippen molar-refractivity contribution in [2.24, 2.45) is 0 Å². The zero-order valence-corrected chi connectivity index (χ0v) is 12.7. The third kappa shape index (κ3) is 3.12. The quantitative estimate of drug-likeness (QED) is 0.922. The Kier molecular flexibility index (Phi) is 3.62. The van der Waals surface area contributed by atoms with Crippen molar-refractivity contribution in [1.82, 2.24) is 15.0 Å². The van der Waals surface area contributed by atoms with Crippen LogP contribution in [0.5, 0.6) is 0 Å². The van der Waals surface area contributed by atoms with Crippen molar-refractivity contribution >= 4 is 21.7 Å². The summed E-state index contributed by atoms with van der Waals surface area (Å²) >= 11 is 3.28. The highest BCUT2D eigenvalue weighted by Gasteiger charge is 2.24. The Balaban J connectivity index is 2.39. The number of nitrogen functional groups attached to an aromatic ring is 1. The van der Waals surface area contributed by atoms with E-state index in [1.165, 1.54) is 12.1 Å². The van der Waals surface area contributed by atoms with Gasteiger partial charge in [-0.2, -0.15) is 0 Å². The predicted molar refractivity (Wildman–Crippen MR) is 76.3 cm³/mol. The second-order valence-electron chi connectivity index (χ2n) is 5.51. The SMILES string of the molecule is CC(C)(C)c1c(N)nnn1Cc1cc(F)cc(Br)c1. The molecule has 4 nitrogen and oxygen atoms in total. The summed E-state index contributed by atoms with van der Waals surface area (Å²) in [6.07, 6.45) is 0. The monoisotopic (exact) mass is 326 g/mol. The average Bonchev–Trinajstić information content (AvgIpc) is 2.57. The second kappa shape index (κ2) is 4.92. The lowest BCUT2D eigenvalue weighted by Crippen LogP contribution is -2.20. The standard InChI is InChI=1S/C13H16BrFN4/c1-13(2,3)11-12(16)17-18-19(11)7-8-4-9(14)6-10(15)5-8/h4-6H,7,16H2,1-3H3. The van der Waals surface area contributed by atoms with E-state index in [0.717, 1.165) is 11.3 Å². The van der Waals surface area contributed by atoms with E-state index in [1.807, 2.05) is 26.8 Å². The van der Waals surface area contributed by atoms with Crippen LogP contribution in [0.25, 0.3) is 0 Å². The molecule has 0 saturated heterocycles. The molecule has 0 spiro atoms. The van der Waals surface area contributed by atoms with Gasteiger partial charge in [-0.25, -0.2) is 9.07 Å². The fourth-order valence-corrected chi connectivity index (χ4v) is 2.60. The normalized spacial score (nSPS) is 11.8. The highest BCUT2D eigenvalue weighted by atomic mass is 79.9. The van der Waals surface area contributed by atoms with Gasteiger partial charge in [0.25, 0.3) is 0 Å². The number of benzene rings is 1. The van der Waals surface area contributed by atoms with Crippen molar-refractivity contribution in [3.05, 3.63) is 39.7 Å². The molecule has 1 aromatic heterocycles. The average molecular weight is 327 g/mol. The van der Waals surface area contributed by atoms with Crippen LogP contribution < -0.4 is 5.73 Å². The molecule has 1 aromatic carbocycles. The Morgan fingerprint density at radius 3 is 2.58 bits per heavy atom. The fourth-order valence-electron chi connectivity index (χ4n) is 2.08. The van der Waals surface area contributed by atoms with E-state index in [9.17, 15) is 4.39 Å². The number of rotatable bonds is 2. The van der Waals surface area contributed by atoms with Crippen LogP contribution in [0.15, 0.2) is 22.7 Å². The van der Waals surface area contributed by atoms with Gasteiger partial charge in [-0.1, -0.05) is 41.9 Å². The maximum atomic E-state index is 13.4. The lowest BCUT2D eigenvalue weighted by molar-refractivity contribution is 0.501. The molecule has 0 aliphatic carbocycles. The Morgan fingerprint density at radius 1 is 1.32 bits per heavy atom. The van der Waals surface area contributed by atoms with Gasteiger partial charge in [-0.3, -0.25) is 0 Å². The van der Waals surface area contributed by atoms with E-state index in [4.69, 9.17) is 5.73 Å². The second-order valence-corrected chi connectivity index (χ2v) is 6.42. The molecule has 0 saturated carbocycles. The molecular formula is C13H16BrFN4. The summed E-state index contributed by atoms with van der Waals surface area (Å²) in [5, 5.41) is 7.95. The largest absolute Gasteiger partial charge is 0.381 e. The maximum Gasteiger partial charge on any atom is 0.169 e. The molecule has 2 aromatic rings. The maximum absolute atomic E-state index is 13.4. The highest BCUT2D eigenvalue weighted by molar-refractivity contribution is 9.10. The number of aromatic nitrogens is 3. The summed E-state index contributed by atoms with van der Waals surface area (Å²) in [6.45, 7) is 6.56. The van der Waals surface area contributed by atoms with E-state index in [2.05, 4.69) is 26.2 Å². The molecular weight excluding hydrogens is 311 g/mol. The predicted octanol–water partition coefficient (Wildman–Crippen LogP) is 3.11. The number of hydrogen-bond donors (Lipinski definition) is 1. The Bertz CT molecular complexity index is 581. The molecule has 0 bridgehead atoms. The van der Waals surface area contributed by atoms with Gasteiger partial charge in [0, 0.05) is 9.89 Å². The number of halogens is 2. The summed E-state index contributed by atoms with van der Waals surface area (Å²) in [6, 6.07) is 4.76. The van der Waals surface area contributed by atoms with Gasteiger partial charge >= 0.3 is 0 Å². The molecule has 19 heavy (non-hydrogen) atoms. The molecule has 102 valence electrons. The molecule has 1 heterocycles. The summed E-state index contributed by atoms with van der Waals surface area (Å²) in [5.74, 6) is 0.137. The van der Waals surface area contributed by atoms with E-state index < -0.39 is 0 Å². The summed E-state index contributed by atoms with van der Waals surface area (Å²) < 4.78 is 15.8. The molecule has 2 N–H and O–H groups in total. The first-order valence-corrected chi connectivity index (χ1v) is 6.71. The first-order chi connectivity index (χ1) is 8.77. The van der Waals surface area contributed by atoms with Crippen LogP contribution in [-0.4, -0.2) is 15.0 Å². The molecule has 0 aliphatic rings. The molecule has 0 unspecified atom stereocenters. The number of nitrogens with zero attached hydrogens (tertiary/aromatic N) is 3. The van der Waals surface area contributed by atoms with Crippen molar-refractivity contribution in [3.63, 3.8) is 0 Å². The van der Waals surface area contributed by atoms with Crippen LogP contribution in [0.4, 0.5) is 10.2 Å². The zero-order chi connectivity index (χ0) is 14.2. The molecule has 0 atom stereocenters. The minimum Gasteiger partial charge on any atom is -0.381 e. The molecule has 2 rings (SSSR count). The molecule has 0 fully saturated rings. The van der Waals surface area contributed by atoms with Gasteiger partial charge in [0.05, 0.1) is 12.2 Å². The smallest absolute Gasteiger partial charge is 0.169 e. The fraction of sp³-hybridized carbons (Fsp3) is 0.385. The third-order valence-electron chi connectivity index (χ3n) is 2.73. The van der Waals surface area contributed by atoms with Gasteiger partial charge < -0.3 is 5.73 Å². The van der Waals surface area contributed by atoms with Gasteiger partial charge in [0.2, 0.25) is 0 Å². The number of nitrogens with two attached hydrogens (primary N) is 1. The van der Waals surface area contributed by atoms with Crippen molar-refractivity contribution in [2.75, 3.05) is 5.73 Å². The molecule has 0 aliphatic heterocycles. The first-order valence-electron chi connectivity index (χ1n) is 5.92. The van der Waals surface area contributed by atoms with E-state index in [0.29, 0.717) is 16.8 Å². The van der Waals surface area contributed by atoms with Crippen LogP contribution in [0, 0.1) is 5.82 Å². The minimum atomic E-state index is -0.283. The van der Waals surface area contributed by atoms with Crippen LogP contribution in [0.2, 0.25) is 0 Å². The van der Waals surface area contributed by atoms with Crippen molar-refractivity contribution in [3.8, 4) is 0 Å². The van der Waals surface area contributed by atoms with Gasteiger partial charge in [0.1, 0.15) is 5.82 Å². The van der Waals surface area contributed by atoms with Crippen molar-refractivity contribution in [1.29, 1.82) is 0 Å². The number of anilines is 1. The van der Waals surface area contributed by atoms with Crippen LogP contribution in [-0.2, 0) is 12.0 Å². The lowest BCUT2D eigenvalue weighted by atomic mass is 9.92. The zero-order valence-electron chi connectivity index (χ0n) is 11.1. The summed E-state index contributed by atoms with van der Waals surface area (Å²) in [5.41, 5.74) is 7.36. The van der Waals surface area contributed by atoms with Crippen LogP contribution >= 0.6 is 15.9 Å². The van der Waals surface area contributed by atoms with Crippen LogP contribution in [0.3, 0.4) is 0 Å². The topological polar surface area (TPSA) is 56.7 Å². The molecule has 0 radical (unpaired) electrons. The van der Waals surface area contributed by atoms with Crippen LogP contribution in [0.1, 0.15) is 32.0 Å². The van der Waals surface area contributed by atoms with Gasteiger partial charge in [-0.05, 0) is 23.8 Å². The van der Waals surface area contributed by atoms with E-state index in [-0.39, 0.29) is 11.2 Å². The number of hydrogen-bond acceptors (Lipinski definition) is 3.